The fraction of sp³-hybridized carbons (Fsp3) is 0.542. The van der Waals surface area contributed by atoms with E-state index in [9.17, 15) is 4.79 Å². The lowest BCUT2D eigenvalue weighted by atomic mass is 9.63. The van der Waals surface area contributed by atoms with E-state index >= 15 is 0 Å². The van der Waals surface area contributed by atoms with E-state index in [2.05, 4.69) is 44.9 Å². The molecule has 6 heteroatoms. The molecule has 0 unspecified atom stereocenters. The highest BCUT2D eigenvalue weighted by Gasteiger charge is 2.39. The second-order valence-electron chi connectivity index (χ2n) is 8.77. The maximum atomic E-state index is 10.8. The molecule has 1 N–H and O–H groups in total. The number of methoxy groups -OCH3 is 1. The Morgan fingerprint density at radius 1 is 1.20 bits per heavy atom. The van der Waals surface area contributed by atoms with E-state index in [1.54, 1.807) is 14.0 Å². The first-order chi connectivity index (χ1) is 14.1. The zero-order valence-corrected chi connectivity index (χ0v) is 19.6. The van der Waals surface area contributed by atoms with Crippen LogP contribution in [0.15, 0.2) is 28.7 Å². The van der Waals surface area contributed by atoms with Gasteiger partial charge in [-0.15, -0.1) is 0 Å². The summed E-state index contributed by atoms with van der Waals surface area (Å²) in [5, 5.41) is 11.8. The Labute approximate surface area is 184 Å². The Kier molecular flexibility index (Phi) is 8.42. The standard InChI is InChI=1S/C24H32O5S/c1-17(13-21(25)26)7-12-30-18-14-19-22(24(4,5)9-8-23(19,2)3)20(15-18)29-16-28-11-10-27-6/h13-15H,8-11,16H2,1-6H3,(H,25,26). The number of hydrogen-bond acceptors (Lipinski definition) is 5. The van der Waals surface area contributed by atoms with Crippen LogP contribution in [0.4, 0.5) is 0 Å². The summed E-state index contributed by atoms with van der Waals surface area (Å²) < 4.78 is 16.6. The monoisotopic (exact) mass is 432 g/mol. The van der Waals surface area contributed by atoms with Crippen molar-refractivity contribution in [2.45, 2.75) is 63.2 Å². The predicted molar refractivity (Wildman–Crippen MR) is 120 cm³/mol. The van der Waals surface area contributed by atoms with Crippen molar-refractivity contribution in [3.8, 4) is 16.9 Å². The third-order valence-electron chi connectivity index (χ3n) is 5.34. The van der Waals surface area contributed by atoms with Crippen molar-refractivity contribution >= 4 is 17.7 Å². The Morgan fingerprint density at radius 3 is 2.57 bits per heavy atom. The van der Waals surface area contributed by atoms with Crippen LogP contribution in [0.2, 0.25) is 0 Å². The Morgan fingerprint density at radius 2 is 1.90 bits per heavy atom. The van der Waals surface area contributed by atoms with E-state index in [1.807, 2.05) is 6.07 Å². The Bertz CT molecular complexity index is 858. The summed E-state index contributed by atoms with van der Waals surface area (Å²) in [5.41, 5.74) is 3.05. The van der Waals surface area contributed by atoms with Crippen LogP contribution in [-0.4, -0.2) is 38.2 Å². The third kappa shape index (κ3) is 6.53. The number of thioether (sulfide) groups is 1. The Balaban J connectivity index is 2.37. The van der Waals surface area contributed by atoms with E-state index in [0.29, 0.717) is 18.8 Å². The first-order valence-corrected chi connectivity index (χ1v) is 10.9. The second kappa shape index (κ2) is 10.4. The van der Waals surface area contributed by atoms with Crippen LogP contribution in [0.25, 0.3) is 0 Å². The molecule has 0 saturated carbocycles. The lowest BCUT2D eigenvalue weighted by Crippen LogP contribution is -2.34. The number of rotatable bonds is 8. The quantitative estimate of drug-likeness (QED) is 0.202. The van der Waals surface area contributed by atoms with E-state index in [-0.39, 0.29) is 17.6 Å². The van der Waals surface area contributed by atoms with Crippen LogP contribution in [0, 0.1) is 11.2 Å². The molecule has 0 saturated heterocycles. The SMILES string of the molecule is COCCOCOc1cc(SC#CC(C)=CC(=O)O)cc2c1C(C)(C)CCC2(C)C. The molecule has 0 aliphatic heterocycles. The molecule has 0 fully saturated rings. The smallest absolute Gasteiger partial charge is 0.329 e. The van der Waals surface area contributed by atoms with Gasteiger partial charge in [-0.2, -0.15) is 0 Å². The van der Waals surface area contributed by atoms with Gasteiger partial charge in [0.2, 0.25) is 0 Å². The molecule has 0 amide bonds. The molecule has 30 heavy (non-hydrogen) atoms. The Hall–Kier alpha value is -1.94. The van der Waals surface area contributed by atoms with Crippen molar-refractivity contribution in [1.29, 1.82) is 0 Å². The zero-order chi connectivity index (χ0) is 22.4. The molecule has 0 bridgehead atoms. The van der Waals surface area contributed by atoms with Gasteiger partial charge < -0.3 is 19.3 Å². The van der Waals surface area contributed by atoms with Crippen molar-refractivity contribution in [1.82, 2.24) is 0 Å². The molecule has 1 aromatic carbocycles. The number of allylic oxidation sites excluding steroid dienone is 1. The van der Waals surface area contributed by atoms with Crippen LogP contribution in [0.3, 0.4) is 0 Å². The normalized spacial score (nSPS) is 16.9. The van der Waals surface area contributed by atoms with Gasteiger partial charge in [0.15, 0.2) is 6.79 Å². The summed E-state index contributed by atoms with van der Waals surface area (Å²) in [7, 11) is 1.64. The molecule has 0 radical (unpaired) electrons. The summed E-state index contributed by atoms with van der Waals surface area (Å²) in [6.07, 6.45) is 3.29. The number of ether oxygens (including phenoxy) is 3. The second-order valence-corrected chi connectivity index (χ2v) is 9.65. The summed E-state index contributed by atoms with van der Waals surface area (Å²) in [6.45, 7) is 11.9. The number of aliphatic carboxylic acids is 1. The molecule has 0 atom stereocenters. The highest BCUT2D eigenvalue weighted by atomic mass is 32.2. The number of carboxylic acids is 1. The molecule has 164 valence electrons. The lowest BCUT2D eigenvalue weighted by Gasteiger charge is -2.42. The van der Waals surface area contributed by atoms with E-state index in [0.717, 1.165) is 29.6 Å². The summed E-state index contributed by atoms with van der Waals surface area (Å²) in [6, 6.07) is 4.21. The number of carboxylic acid groups (broad SMARTS) is 1. The minimum Gasteiger partial charge on any atom is -0.478 e. The molecular formula is C24H32O5S. The van der Waals surface area contributed by atoms with Gasteiger partial charge >= 0.3 is 5.97 Å². The third-order valence-corrected chi connectivity index (χ3v) is 6.02. The highest BCUT2D eigenvalue weighted by Crippen LogP contribution is 2.50. The molecular weight excluding hydrogens is 400 g/mol. The largest absolute Gasteiger partial charge is 0.478 e. The van der Waals surface area contributed by atoms with Gasteiger partial charge in [0.25, 0.3) is 0 Å². The maximum absolute atomic E-state index is 10.8. The van der Waals surface area contributed by atoms with Crippen molar-refractivity contribution in [2.24, 2.45) is 0 Å². The first kappa shape index (κ1) is 24.3. The minimum absolute atomic E-state index is 0.00239. The number of carbonyl (C=O) groups is 1. The maximum Gasteiger partial charge on any atom is 0.329 e. The van der Waals surface area contributed by atoms with Crippen LogP contribution in [0.5, 0.6) is 5.75 Å². The average molecular weight is 433 g/mol. The van der Waals surface area contributed by atoms with Crippen molar-refractivity contribution in [3.05, 3.63) is 34.9 Å². The zero-order valence-electron chi connectivity index (χ0n) is 18.8. The van der Waals surface area contributed by atoms with Crippen molar-refractivity contribution < 1.29 is 24.1 Å². The molecule has 1 aliphatic rings. The van der Waals surface area contributed by atoms with Gasteiger partial charge in [-0.1, -0.05) is 33.6 Å². The van der Waals surface area contributed by atoms with Crippen LogP contribution in [-0.2, 0) is 25.1 Å². The van der Waals surface area contributed by atoms with Crippen LogP contribution < -0.4 is 4.74 Å². The number of benzene rings is 1. The number of hydrogen-bond donors (Lipinski definition) is 1. The molecule has 0 spiro atoms. The predicted octanol–water partition coefficient (Wildman–Crippen LogP) is 5.12. The van der Waals surface area contributed by atoms with Gasteiger partial charge in [0, 0.05) is 29.2 Å². The lowest BCUT2D eigenvalue weighted by molar-refractivity contribution is -0.131. The van der Waals surface area contributed by atoms with Gasteiger partial charge in [-0.25, -0.2) is 4.79 Å². The molecule has 0 heterocycles. The van der Waals surface area contributed by atoms with Gasteiger partial charge in [0.05, 0.1) is 13.2 Å². The molecule has 1 aliphatic carbocycles. The first-order valence-electron chi connectivity index (χ1n) is 10.0. The molecule has 2 rings (SSSR count). The van der Waals surface area contributed by atoms with E-state index in [1.165, 1.54) is 22.9 Å². The van der Waals surface area contributed by atoms with Crippen LogP contribution in [0.1, 0.15) is 58.6 Å². The minimum atomic E-state index is -0.992. The summed E-state index contributed by atoms with van der Waals surface area (Å²) in [4.78, 5) is 11.7. The van der Waals surface area contributed by atoms with Gasteiger partial charge in [-0.3, -0.25) is 0 Å². The van der Waals surface area contributed by atoms with Gasteiger partial charge in [0.1, 0.15) is 5.75 Å². The highest BCUT2D eigenvalue weighted by molar-refractivity contribution is 8.04. The van der Waals surface area contributed by atoms with Gasteiger partial charge in [-0.05, 0) is 65.3 Å². The summed E-state index contributed by atoms with van der Waals surface area (Å²) in [5.74, 6) is 2.71. The van der Waals surface area contributed by atoms with Crippen molar-refractivity contribution in [3.63, 3.8) is 0 Å². The van der Waals surface area contributed by atoms with E-state index < -0.39 is 5.97 Å². The summed E-state index contributed by atoms with van der Waals surface area (Å²) >= 11 is 1.38. The average Bonchev–Trinajstić information content (AvgIpc) is 2.64. The molecule has 1 aromatic rings. The number of fused-ring (bicyclic) bond motifs is 1. The molecule has 5 nitrogen and oxygen atoms in total. The van der Waals surface area contributed by atoms with Crippen molar-refractivity contribution in [2.75, 3.05) is 27.1 Å². The van der Waals surface area contributed by atoms with E-state index in [4.69, 9.17) is 19.3 Å². The topological polar surface area (TPSA) is 65.0 Å². The fourth-order valence-electron chi connectivity index (χ4n) is 3.57. The fourth-order valence-corrected chi connectivity index (χ4v) is 4.24. The molecule has 0 aromatic heterocycles. The van der Waals surface area contributed by atoms with Crippen LogP contribution >= 0.6 is 11.8 Å².